The number of anilines is 2. The minimum Gasteiger partial charge on any atom is -0.287 e. The summed E-state index contributed by atoms with van der Waals surface area (Å²) in [6.07, 6.45) is 1.82. The maximum Gasteiger partial charge on any atom is 0.405 e. The summed E-state index contributed by atoms with van der Waals surface area (Å²) in [4.78, 5) is 2.13. The van der Waals surface area contributed by atoms with Gasteiger partial charge in [-0.3, -0.25) is 4.81 Å². The van der Waals surface area contributed by atoms with Crippen LogP contribution in [0.1, 0.15) is 16.5 Å². The van der Waals surface area contributed by atoms with E-state index in [1.165, 1.54) is 0 Å². The molecule has 3 aromatic rings. The predicted molar refractivity (Wildman–Crippen MR) is 99.0 cm³/mol. The van der Waals surface area contributed by atoms with Gasteiger partial charge in [0.25, 0.3) is 5.82 Å². The summed E-state index contributed by atoms with van der Waals surface area (Å²) in [6, 6.07) is 20.3. The zero-order chi connectivity index (χ0) is 18.5. The van der Waals surface area contributed by atoms with E-state index in [0.29, 0.717) is 5.47 Å². The first kappa shape index (κ1) is 11.1. The van der Waals surface area contributed by atoms with Crippen LogP contribution in [0.3, 0.4) is 0 Å². The summed E-state index contributed by atoms with van der Waals surface area (Å²) in [7, 11) is 2.03. The van der Waals surface area contributed by atoms with Crippen molar-refractivity contribution in [2.75, 3.05) is 4.81 Å². The van der Waals surface area contributed by atoms with Crippen molar-refractivity contribution in [3.63, 3.8) is 0 Å². The predicted octanol–water partition coefficient (Wildman–Crippen LogP) is 4.38. The Labute approximate surface area is 142 Å². The molecule has 1 aliphatic heterocycles. The van der Waals surface area contributed by atoms with E-state index in [0.717, 1.165) is 28.0 Å². The average Bonchev–Trinajstić information content (AvgIpc) is 2.62. The standard InChI is InChI=1S/C20H20BN2/c1-15-14-17-9-5-7-11-19(17)23(21(15)2)20-13-12-16-8-4-6-10-18(16)22(20)3/h4-14H,1-3H3/q+1/i1D3. The number of pyridine rings is 1. The van der Waals surface area contributed by atoms with Crippen molar-refractivity contribution >= 4 is 35.3 Å². The Hall–Kier alpha value is -2.55. The Bertz CT molecular complexity index is 1030. The number of aromatic nitrogens is 1. The summed E-state index contributed by atoms with van der Waals surface area (Å²) in [5.74, 6) is 0.971. The quantitative estimate of drug-likeness (QED) is 0.478. The Morgan fingerprint density at radius 1 is 1.00 bits per heavy atom. The molecule has 1 aliphatic rings. The van der Waals surface area contributed by atoms with Crippen molar-refractivity contribution in [3.05, 3.63) is 71.7 Å². The smallest absolute Gasteiger partial charge is 0.287 e. The van der Waals surface area contributed by atoms with E-state index in [1.54, 1.807) is 0 Å². The molecule has 2 nitrogen and oxygen atoms in total. The van der Waals surface area contributed by atoms with Crippen molar-refractivity contribution in [2.45, 2.75) is 13.7 Å². The van der Waals surface area contributed by atoms with E-state index in [1.807, 2.05) is 56.3 Å². The van der Waals surface area contributed by atoms with Crippen LogP contribution in [0.25, 0.3) is 17.0 Å². The highest BCUT2D eigenvalue weighted by molar-refractivity contribution is 6.72. The Morgan fingerprint density at radius 3 is 2.65 bits per heavy atom. The number of hydrogen-bond donors (Lipinski definition) is 0. The molecule has 0 bridgehead atoms. The summed E-state index contributed by atoms with van der Waals surface area (Å²) in [5.41, 5.74) is 3.53. The largest absolute Gasteiger partial charge is 0.405 e. The van der Waals surface area contributed by atoms with E-state index < -0.39 is 6.85 Å². The number of hydrogen-bond acceptors (Lipinski definition) is 1. The van der Waals surface area contributed by atoms with Gasteiger partial charge in [-0.1, -0.05) is 47.9 Å². The monoisotopic (exact) mass is 302 g/mol. The topological polar surface area (TPSA) is 7.12 Å². The molecule has 4 rings (SSSR count). The van der Waals surface area contributed by atoms with Gasteiger partial charge in [-0.15, -0.1) is 0 Å². The van der Waals surface area contributed by atoms with Crippen molar-refractivity contribution in [3.8, 4) is 0 Å². The highest BCUT2D eigenvalue weighted by atomic mass is 15.2. The van der Waals surface area contributed by atoms with E-state index >= 15 is 0 Å². The van der Waals surface area contributed by atoms with Gasteiger partial charge < -0.3 is 0 Å². The molecule has 0 saturated heterocycles. The molecule has 0 atom stereocenters. The molecule has 23 heavy (non-hydrogen) atoms. The maximum atomic E-state index is 7.97. The highest BCUT2D eigenvalue weighted by Gasteiger charge is 2.36. The van der Waals surface area contributed by atoms with E-state index in [-0.39, 0.29) is 6.85 Å². The Morgan fingerprint density at radius 2 is 1.78 bits per heavy atom. The Kier molecular flexibility index (Phi) is 2.54. The molecule has 0 saturated carbocycles. The lowest BCUT2D eigenvalue weighted by atomic mass is 9.54. The van der Waals surface area contributed by atoms with Gasteiger partial charge in [-0.25, -0.2) is 4.57 Å². The van der Waals surface area contributed by atoms with Crippen molar-refractivity contribution in [2.24, 2.45) is 7.05 Å². The molecular formula is C20H20BN2+. The van der Waals surface area contributed by atoms with Gasteiger partial charge in [-0.05, 0) is 31.9 Å². The van der Waals surface area contributed by atoms with Crippen molar-refractivity contribution < 1.29 is 8.68 Å². The third-order valence-electron chi connectivity index (χ3n) is 4.65. The zero-order valence-corrected chi connectivity index (χ0v) is 13.3. The van der Waals surface area contributed by atoms with Gasteiger partial charge in [0.05, 0.1) is 7.05 Å². The zero-order valence-electron chi connectivity index (χ0n) is 16.3. The first-order valence-corrected chi connectivity index (χ1v) is 7.86. The maximum absolute atomic E-state index is 7.97. The fraction of sp³-hybridized carbons (Fsp3) is 0.150. The van der Waals surface area contributed by atoms with Crippen LogP contribution in [0, 0.1) is 0 Å². The summed E-state index contributed by atoms with van der Waals surface area (Å²) >= 11 is 0. The van der Waals surface area contributed by atoms with Gasteiger partial charge in [0.15, 0.2) is 0 Å². The van der Waals surface area contributed by atoms with Crippen LogP contribution in [-0.2, 0) is 7.05 Å². The normalized spacial score (nSPS) is 16.4. The molecule has 0 radical (unpaired) electrons. The molecule has 3 heteroatoms. The second-order valence-corrected chi connectivity index (χ2v) is 6.01. The molecule has 1 aromatic heterocycles. The van der Waals surface area contributed by atoms with Crippen LogP contribution in [0.2, 0.25) is 6.82 Å². The SMILES string of the molecule is [2H]C([2H])([2H])C1=Cc2ccccc2N(c2ccc3ccccc3[n+]2C)B1C. The summed E-state index contributed by atoms with van der Waals surface area (Å²) in [5, 5.41) is 1.16. The lowest BCUT2D eigenvalue weighted by Crippen LogP contribution is -2.45. The summed E-state index contributed by atoms with van der Waals surface area (Å²) < 4.78 is 26.0. The van der Waals surface area contributed by atoms with Crippen molar-refractivity contribution in [1.82, 2.24) is 0 Å². The fourth-order valence-corrected chi connectivity index (χ4v) is 3.36. The Balaban J connectivity index is 1.96. The van der Waals surface area contributed by atoms with Crippen LogP contribution in [0.5, 0.6) is 0 Å². The van der Waals surface area contributed by atoms with Crippen molar-refractivity contribution in [1.29, 1.82) is 0 Å². The summed E-state index contributed by atoms with van der Waals surface area (Å²) in [6.45, 7) is -0.422. The molecule has 0 amide bonds. The number of aryl methyl sites for hydroxylation is 1. The second kappa shape index (κ2) is 5.27. The van der Waals surface area contributed by atoms with Crippen LogP contribution in [0.15, 0.2) is 66.1 Å². The molecule has 2 aromatic carbocycles. The van der Waals surface area contributed by atoms with Gasteiger partial charge in [0, 0.05) is 21.1 Å². The van der Waals surface area contributed by atoms with E-state index in [4.69, 9.17) is 4.11 Å². The van der Waals surface area contributed by atoms with Gasteiger partial charge in [0.1, 0.15) is 11.2 Å². The first-order chi connectivity index (χ1) is 12.4. The molecule has 0 spiro atoms. The van der Waals surface area contributed by atoms with E-state index in [9.17, 15) is 0 Å². The van der Waals surface area contributed by atoms with Gasteiger partial charge in [-0.2, -0.15) is 0 Å². The number of benzene rings is 2. The number of rotatable bonds is 1. The minimum absolute atomic E-state index is 0.259. The average molecular weight is 302 g/mol. The fourth-order valence-electron chi connectivity index (χ4n) is 3.36. The van der Waals surface area contributed by atoms with Crippen LogP contribution in [-0.4, -0.2) is 6.85 Å². The number of fused-ring (bicyclic) bond motifs is 2. The number of allylic oxidation sites excluding steroid dienone is 1. The molecule has 2 heterocycles. The highest BCUT2D eigenvalue weighted by Crippen LogP contribution is 2.35. The first-order valence-electron chi connectivity index (χ1n) is 9.36. The van der Waals surface area contributed by atoms with Gasteiger partial charge >= 0.3 is 6.85 Å². The third-order valence-corrected chi connectivity index (χ3v) is 4.65. The second-order valence-electron chi connectivity index (χ2n) is 6.01. The molecule has 0 aliphatic carbocycles. The lowest BCUT2D eigenvalue weighted by molar-refractivity contribution is -0.631. The lowest BCUT2D eigenvalue weighted by Gasteiger charge is -2.28. The molecule has 112 valence electrons. The van der Waals surface area contributed by atoms with Gasteiger partial charge in [0.2, 0.25) is 0 Å². The molecule has 0 fully saturated rings. The number of nitrogens with zero attached hydrogens (tertiary/aromatic N) is 2. The number of para-hydroxylation sites is 2. The van der Waals surface area contributed by atoms with Crippen LogP contribution in [0.4, 0.5) is 11.5 Å². The van der Waals surface area contributed by atoms with E-state index in [2.05, 4.69) is 33.6 Å². The molecular weight excluding hydrogens is 279 g/mol. The van der Waals surface area contributed by atoms with Crippen LogP contribution >= 0.6 is 0 Å². The third kappa shape index (κ3) is 2.15. The van der Waals surface area contributed by atoms with Crippen LogP contribution < -0.4 is 9.38 Å². The molecule has 0 unspecified atom stereocenters. The minimum atomic E-state index is -2.12. The molecule has 0 N–H and O–H groups in total.